The molecule has 0 spiro atoms. The van der Waals surface area contributed by atoms with Gasteiger partial charge in [0.05, 0.1) is 17.9 Å². The summed E-state index contributed by atoms with van der Waals surface area (Å²) in [7, 11) is 0. The van der Waals surface area contributed by atoms with Crippen molar-refractivity contribution in [2.45, 2.75) is 13.3 Å². The maximum absolute atomic E-state index is 12.0. The van der Waals surface area contributed by atoms with Crippen LogP contribution >= 0.6 is 11.3 Å². The van der Waals surface area contributed by atoms with Crippen molar-refractivity contribution >= 4 is 22.9 Å². The Balaban J connectivity index is 2.01. The van der Waals surface area contributed by atoms with Crippen molar-refractivity contribution < 1.29 is 14.3 Å². The Morgan fingerprint density at radius 3 is 2.42 bits per heavy atom. The molecule has 0 atom stereocenters. The van der Waals surface area contributed by atoms with Crippen LogP contribution in [0.3, 0.4) is 0 Å². The Kier molecular flexibility index (Phi) is 4.47. The molecule has 1 aromatic heterocycles. The summed E-state index contributed by atoms with van der Waals surface area (Å²) in [5, 5.41) is 1.83. The van der Waals surface area contributed by atoms with E-state index in [9.17, 15) is 9.59 Å². The zero-order valence-corrected chi connectivity index (χ0v) is 11.4. The van der Waals surface area contributed by atoms with Crippen LogP contribution in [-0.2, 0) is 0 Å². The third kappa shape index (κ3) is 3.51. The molecule has 2 rings (SSSR count). The predicted molar refractivity (Wildman–Crippen MR) is 75.2 cm³/mol. The Bertz CT molecular complexity index is 556. The van der Waals surface area contributed by atoms with Crippen LogP contribution in [0.4, 0.5) is 0 Å². The summed E-state index contributed by atoms with van der Waals surface area (Å²) in [6.45, 7) is 2.49. The van der Waals surface area contributed by atoms with Crippen molar-refractivity contribution in [3.63, 3.8) is 0 Å². The molecule has 0 saturated carbocycles. The standard InChI is InChI=1S/C15H14O3S/c1-2-18-12-7-5-11(6-8-12)13(16)10-14(17)15-4-3-9-19-15/h3-9H,2,10H2,1H3. The molecule has 4 heteroatoms. The normalized spacial score (nSPS) is 10.2. The summed E-state index contributed by atoms with van der Waals surface area (Å²) in [6, 6.07) is 10.4. The molecule has 0 aliphatic heterocycles. The van der Waals surface area contributed by atoms with E-state index >= 15 is 0 Å². The van der Waals surface area contributed by atoms with Gasteiger partial charge in [-0.1, -0.05) is 6.07 Å². The van der Waals surface area contributed by atoms with Crippen molar-refractivity contribution in [1.82, 2.24) is 0 Å². The van der Waals surface area contributed by atoms with Gasteiger partial charge >= 0.3 is 0 Å². The van der Waals surface area contributed by atoms with E-state index in [1.807, 2.05) is 12.3 Å². The summed E-state index contributed by atoms with van der Waals surface area (Å²) in [5.74, 6) is 0.430. The zero-order chi connectivity index (χ0) is 13.7. The van der Waals surface area contributed by atoms with Crippen LogP contribution in [-0.4, -0.2) is 18.2 Å². The molecular weight excluding hydrogens is 260 g/mol. The summed E-state index contributed by atoms with van der Waals surface area (Å²) >= 11 is 1.36. The highest BCUT2D eigenvalue weighted by Crippen LogP contribution is 2.16. The minimum atomic E-state index is -0.165. The fourth-order valence-electron chi connectivity index (χ4n) is 1.68. The van der Waals surface area contributed by atoms with E-state index in [-0.39, 0.29) is 18.0 Å². The van der Waals surface area contributed by atoms with Crippen molar-refractivity contribution in [3.8, 4) is 5.75 Å². The number of Topliss-reactive ketones (excluding diaryl/α,β-unsaturated/α-hetero) is 2. The molecule has 1 aromatic carbocycles. The van der Waals surface area contributed by atoms with Crippen molar-refractivity contribution in [2.24, 2.45) is 0 Å². The van der Waals surface area contributed by atoms with Gasteiger partial charge in [-0.3, -0.25) is 9.59 Å². The first-order valence-corrected chi connectivity index (χ1v) is 6.91. The van der Waals surface area contributed by atoms with Crippen LogP contribution in [0.25, 0.3) is 0 Å². The fraction of sp³-hybridized carbons (Fsp3) is 0.200. The highest BCUT2D eigenvalue weighted by atomic mass is 32.1. The molecule has 0 amide bonds. The lowest BCUT2D eigenvalue weighted by atomic mass is 10.1. The molecule has 0 aliphatic carbocycles. The second-order valence-electron chi connectivity index (χ2n) is 3.96. The van der Waals surface area contributed by atoms with Gasteiger partial charge in [-0.15, -0.1) is 11.3 Å². The molecule has 3 nitrogen and oxygen atoms in total. The lowest BCUT2D eigenvalue weighted by Gasteiger charge is -2.04. The fourth-order valence-corrected chi connectivity index (χ4v) is 2.34. The van der Waals surface area contributed by atoms with Gasteiger partial charge in [0, 0.05) is 5.56 Å². The highest BCUT2D eigenvalue weighted by Gasteiger charge is 2.14. The number of ketones is 2. The minimum Gasteiger partial charge on any atom is -0.494 e. The molecule has 0 unspecified atom stereocenters. The van der Waals surface area contributed by atoms with E-state index < -0.39 is 0 Å². The van der Waals surface area contributed by atoms with Crippen LogP contribution in [0.15, 0.2) is 41.8 Å². The molecule has 0 bridgehead atoms. The van der Waals surface area contributed by atoms with Gasteiger partial charge in [0.2, 0.25) is 0 Å². The second kappa shape index (κ2) is 6.29. The van der Waals surface area contributed by atoms with Gasteiger partial charge in [0.1, 0.15) is 5.75 Å². The molecule has 0 aliphatic rings. The number of benzene rings is 1. The van der Waals surface area contributed by atoms with Crippen LogP contribution < -0.4 is 4.74 Å². The topological polar surface area (TPSA) is 43.4 Å². The van der Waals surface area contributed by atoms with E-state index in [0.717, 1.165) is 5.75 Å². The molecule has 1 heterocycles. The third-order valence-corrected chi connectivity index (χ3v) is 3.52. The summed E-state index contributed by atoms with van der Waals surface area (Å²) in [6.07, 6.45) is -0.0888. The maximum Gasteiger partial charge on any atom is 0.180 e. The van der Waals surface area contributed by atoms with E-state index in [0.29, 0.717) is 17.0 Å². The molecular formula is C15H14O3S. The monoisotopic (exact) mass is 274 g/mol. The van der Waals surface area contributed by atoms with Crippen molar-refractivity contribution in [1.29, 1.82) is 0 Å². The smallest absolute Gasteiger partial charge is 0.180 e. The summed E-state index contributed by atoms with van der Waals surface area (Å²) in [5.41, 5.74) is 0.536. The van der Waals surface area contributed by atoms with Crippen molar-refractivity contribution in [2.75, 3.05) is 6.61 Å². The lowest BCUT2D eigenvalue weighted by molar-refractivity contribution is 0.0896. The van der Waals surface area contributed by atoms with Gasteiger partial charge in [0.25, 0.3) is 0 Å². The molecule has 0 fully saturated rings. The average Bonchev–Trinajstić information content (AvgIpc) is 2.94. The molecule has 2 aromatic rings. The second-order valence-corrected chi connectivity index (χ2v) is 4.91. The van der Waals surface area contributed by atoms with E-state index in [2.05, 4.69) is 0 Å². The molecule has 0 saturated heterocycles. The van der Waals surface area contributed by atoms with Gasteiger partial charge in [-0.25, -0.2) is 0 Å². The Labute approximate surface area is 115 Å². The number of carbonyl (C=O) groups is 2. The zero-order valence-electron chi connectivity index (χ0n) is 10.6. The lowest BCUT2D eigenvalue weighted by Crippen LogP contribution is -2.07. The number of ether oxygens (including phenoxy) is 1. The van der Waals surface area contributed by atoms with Crippen LogP contribution in [0.5, 0.6) is 5.75 Å². The molecule has 0 radical (unpaired) electrons. The van der Waals surface area contributed by atoms with E-state index in [4.69, 9.17) is 4.74 Å². The van der Waals surface area contributed by atoms with E-state index in [1.54, 1.807) is 36.4 Å². The Hall–Kier alpha value is -1.94. The first-order chi connectivity index (χ1) is 9.20. The number of rotatable bonds is 6. The SMILES string of the molecule is CCOc1ccc(C(=O)CC(=O)c2cccs2)cc1. The van der Waals surface area contributed by atoms with Crippen molar-refractivity contribution in [3.05, 3.63) is 52.2 Å². The third-order valence-electron chi connectivity index (χ3n) is 2.60. The largest absolute Gasteiger partial charge is 0.494 e. The predicted octanol–water partition coefficient (Wildman–Crippen LogP) is 3.60. The first kappa shape index (κ1) is 13.5. The van der Waals surface area contributed by atoms with Crippen LogP contribution in [0, 0.1) is 0 Å². The average molecular weight is 274 g/mol. The quantitative estimate of drug-likeness (QED) is 0.597. The number of thiophene rings is 1. The first-order valence-electron chi connectivity index (χ1n) is 6.03. The van der Waals surface area contributed by atoms with Gasteiger partial charge in [-0.2, -0.15) is 0 Å². The summed E-state index contributed by atoms with van der Waals surface area (Å²) in [4.78, 5) is 24.4. The highest BCUT2D eigenvalue weighted by molar-refractivity contribution is 7.12. The Morgan fingerprint density at radius 1 is 1.11 bits per heavy atom. The number of carbonyl (C=O) groups excluding carboxylic acids is 2. The molecule has 0 N–H and O–H groups in total. The van der Waals surface area contributed by atoms with Gasteiger partial charge in [0.15, 0.2) is 11.6 Å². The maximum atomic E-state index is 12.0. The van der Waals surface area contributed by atoms with Crippen LogP contribution in [0.2, 0.25) is 0 Å². The van der Waals surface area contributed by atoms with E-state index in [1.165, 1.54) is 11.3 Å². The summed E-state index contributed by atoms with van der Waals surface area (Å²) < 4.78 is 5.30. The molecule has 98 valence electrons. The Morgan fingerprint density at radius 2 is 1.84 bits per heavy atom. The van der Waals surface area contributed by atoms with Gasteiger partial charge in [-0.05, 0) is 42.6 Å². The minimum absolute atomic E-state index is 0.0888. The van der Waals surface area contributed by atoms with Crippen LogP contribution in [0.1, 0.15) is 33.4 Å². The van der Waals surface area contributed by atoms with Gasteiger partial charge < -0.3 is 4.74 Å². The molecule has 19 heavy (non-hydrogen) atoms. The number of hydrogen-bond acceptors (Lipinski definition) is 4. The number of hydrogen-bond donors (Lipinski definition) is 0.